The van der Waals surface area contributed by atoms with Crippen LogP contribution in [0, 0.1) is 5.82 Å². The number of piperidine rings is 1. The maximum atomic E-state index is 13.8. The van der Waals surface area contributed by atoms with Crippen molar-refractivity contribution in [2.45, 2.75) is 43.7 Å². The zero-order valence-electron chi connectivity index (χ0n) is 23.8. The molecule has 1 aliphatic heterocycles. The molecule has 1 fully saturated rings. The number of nitrogens with one attached hydrogen (secondary N) is 1. The fourth-order valence-electron chi connectivity index (χ4n) is 4.22. The van der Waals surface area contributed by atoms with Crippen molar-refractivity contribution >= 4 is 46.0 Å². The van der Waals surface area contributed by atoms with Crippen LogP contribution < -0.4 is 5.32 Å². The molecule has 0 spiro atoms. The fourth-order valence-corrected chi connectivity index (χ4v) is 4.94. The van der Waals surface area contributed by atoms with Crippen LogP contribution in [0.15, 0.2) is 29.6 Å². The molecule has 2 aromatic rings. The van der Waals surface area contributed by atoms with Crippen molar-refractivity contribution in [3.8, 4) is 0 Å². The minimum absolute atomic E-state index is 0.115. The Balaban J connectivity index is 0.000000401. The van der Waals surface area contributed by atoms with Crippen molar-refractivity contribution in [3.05, 3.63) is 41.2 Å². The first-order valence-corrected chi connectivity index (χ1v) is 14.1. The smallest absolute Gasteiger partial charge is 0.336 e. The molecule has 0 unspecified atom stereocenters. The van der Waals surface area contributed by atoms with E-state index < -0.39 is 36.4 Å². The van der Waals surface area contributed by atoms with Crippen LogP contribution >= 0.6 is 11.3 Å². The van der Waals surface area contributed by atoms with E-state index in [2.05, 4.69) is 27.1 Å². The van der Waals surface area contributed by atoms with Crippen molar-refractivity contribution in [3.63, 3.8) is 0 Å². The monoisotopic (exact) mass is 611 g/mol. The van der Waals surface area contributed by atoms with E-state index in [4.69, 9.17) is 20.4 Å². The number of likely N-dealkylation sites (tertiary alicyclic amines) is 1. The van der Waals surface area contributed by atoms with E-state index in [0.29, 0.717) is 10.8 Å². The number of halogens is 1. The molecule has 0 radical (unpaired) electrons. The summed E-state index contributed by atoms with van der Waals surface area (Å²) in [6.07, 6.45) is -0.00185. The summed E-state index contributed by atoms with van der Waals surface area (Å²) in [6, 6.07) is 6.79. The SMILES string of the molecule is CN(C)CCN(C(=O)Cc1csc(Nc2ccccc2F)n1)C1CCN(C)CC1.O=C(O)CC(O)(CC(=O)O)C(=O)O. The number of thiazole rings is 1. The average molecular weight is 612 g/mol. The molecule has 2 heterocycles. The Bertz CT molecular complexity index is 1200. The molecular formula is C27H38FN5O8S. The van der Waals surface area contributed by atoms with Crippen LogP contribution in [0.4, 0.5) is 15.2 Å². The predicted molar refractivity (Wildman–Crippen MR) is 153 cm³/mol. The maximum absolute atomic E-state index is 13.8. The quantitative estimate of drug-likeness (QED) is 0.222. The number of para-hydroxylation sites is 1. The molecule has 1 aliphatic rings. The summed E-state index contributed by atoms with van der Waals surface area (Å²) in [4.78, 5) is 54.5. The largest absolute Gasteiger partial charge is 0.481 e. The number of carboxylic acid groups (broad SMARTS) is 3. The normalized spacial score (nSPS) is 14.1. The van der Waals surface area contributed by atoms with Gasteiger partial charge in [0.1, 0.15) is 5.82 Å². The number of amides is 1. The molecule has 5 N–H and O–H groups in total. The molecule has 0 saturated carbocycles. The molecule has 13 nitrogen and oxygen atoms in total. The van der Waals surface area contributed by atoms with E-state index in [0.717, 1.165) is 44.7 Å². The van der Waals surface area contributed by atoms with Crippen molar-refractivity contribution in [2.24, 2.45) is 0 Å². The minimum atomic E-state index is -2.74. The number of benzene rings is 1. The Morgan fingerprint density at radius 1 is 1.07 bits per heavy atom. The van der Waals surface area contributed by atoms with E-state index in [-0.39, 0.29) is 24.2 Å². The van der Waals surface area contributed by atoms with Gasteiger partial charge in [-0.1, -0.05) is 12.1 Å². The number of rotatable bonds is 13. The highest BCUT2D eigenvalue weighted by molar-refractivity contribution is 7.13. The number of carboxylic acids is 3. The van der Waals surface area contributed by atoms with Crippen LogP contribution in [0.2, 0.25) is 0 Å². The van der Waals surface area contributed by atoms with Crippen molar-refractivity contribution < 1.29 is 44.0 Å². The Labute approximate surface area is 247 Å². The second-order valence-electron chi connectivity index (χ2n) is 10.3. The Kier molecular flexibility index (Phi) is 13.2. The standard InChI is InChI=1S/C21H30FN5OS.C6H8O7/c1-25(2)12-13-27(17-8-10-26(3)11-9-17)20(28)14-16-15-29-21(23-16)24-19-7-5-4-6-18(19)22;7-3(8)1-6(13,5(11)12)2-4(9)10/h4-7,15,17H,8-14H2,1-3H3,(H,23,24);13H,1-2H2,(H,7,8)(H,9,10)(H,11,12). The topological polar surface area (TPSA) is 184 Å². The molecule has 1 amide bonds. The average Bonchev–Trinajstić information content (AvgIpc) is 3.32. The van der Waals surface area contributed by atoms with E-state index in [1.807, 2.05) is 24.4 Å². The number of nitrogens with zero attached hydrogens (tertiary/aromatic N) is 4. The Morgan fingerprint density at radius 2 is 1.67 bits per heavy atom. The van der Waals surface area contributed by atoms with Gasteiger partial charge in [-0.2, -0.15) is 0 Å². The van der Waals surface area contributed by atoms with Gasteiger partial charge in [0, 0.05) is 24.5 Å². The molecule has 15 heteroatoms. The molecule has 1 aromatic carbocycles. The van der Waals surface area contributed by atoms with Gasteiger partial charge in [0.05, 0.1) is 30.6 Å². The van der Waals surface area contributed by atoms with Gasteiger partial charge in [0.2, 0.25) is 5.91 Å². The lowest BCUT2D eigenvalue weighted by molar-refractivity contribution is -0.170. The van der Waals surface area contributed by atoms with Crippen LogP contribution in [-0.4, -0.2) is 123 Å². The summed E-state index contributed by atoms with van der Waals surface area (Å²) in [6.45, 7) is 3.60. The molecule has 0 bridgehead atoms. The van der Waals surface area contributed by atoms with Crippen molar-refractivity contribution in [1.29, 1.82) is 0 Å². The van der Waals surface area contributed by atoms with Gasteiger partial charge < -0.3 is 40.4 Å². The van der Waals surface area contributed by atoms with Crippen molar-refractivity contribution in [2.75, 3.05) is 52.6 Å². The molecule has 1 saturated heterocycles. The molecule has 232 valence electrons. The first kappa shape index (κ1) is 34.5. The van der Waals surface area contributed by atoms with E-state index in [1.54, 1.807) is 18.2 Å². The number of carbonyl (C=O) groups is 4. The molecule has 42 heavy (non-hydrogen) atoms. The number of likely N-dealkylation sites (N-methyl/N-ethyl adjacent to an activating group) is 1. The maximum Gasteiger partial charge on any atom is 0.336 e. The van der Waals surface area contributed by atoms with Gasteiger partial charge in [0.15, 0.2) is 10.7 Å². The minimum Gasteiger partial charge on any atom is -0.481 e. The van der Waals surface area contributed by atoms with E-state index >= 15 is 0 Å². The summed E-state index contributed by atoms with van der Waals surface area (Å²) < 4.78 is 13.8. The lowest BCUT2D eigenvalue weighted by Gasteiger charge is -2.38. The molecule has 0 aliphatic carbocycles. The second-order valence-corrected chi connectivity index (χ2v) is 11.2. The number of aliphatic carboxylic acids is 3. The summed E-state index contributed by atoms with van der Waals surface area (Å²) in [5.74, 6) is -5.23. The highest BCUT2D eigenvalue weighted by Gasteiger charge is 2.40. The number of aliphatic hydroxyl groups is 1. The number of aromatic nitrogens is 1. The van der Waals surface area contributed by atoms with E-state index in [1.165, 1.54) is 17.4 Å². The molecule has 1 aromatic heterocycles. The molecular weight excluding hydrogens is 573 g/mol. The Morgan fingerprint density at radius 3 is 2.19 bits per heavy atom. The summed E-state index contributed by atoms with van der Waals surface area (Å²) in [7, 11) is 6.18. The summed E-state index contributed by atoms with van der Waals surface area (Å²) >= 11 is 1.39. The highest BCUT2D eigenvalue weighted by Crippen LogP contribution is 2.24. The fraction of sp³-hybridized carbons (Fsp3) is 0.519. The zero-order chi connectivity index (χ0) is 31.4. The lowest BCUT2D eigenvalue weighted by atomic mass is 9.96. The van der Waals surface area contributed by atoms with Crippen LogP contribution in [0.25, 0.3) is 0 Å². The number of carbonyl (C=O) groups excluding carboxylic acids is 1. The van der Waals surface area contributed by atoms with Gasteiger partial charge in [0.25, 0.3) is 0 Å². The van der Waals surface area contributed by atoms with Crippen LogP contribution in [0.5, 0.6) is 0 Å². The van der Waals surface area contributed by atoms with Gasteiger partial charge in [-0.15, -0.1) is 11.3 Å². The second kappa shape index (κ2) is 16.1. The van der Waals surface area contributed by atoms with Gasteiger partial charge in [-0.25, -0.2) is 14.2 Å². The summed E-state index contributed by atoms with van der Waals surface area (Å²) in [5.41, 5.74) is -1.63. The first-order chi connectivity index (χ1) is 19.7. The third-order valence-electron chi connectivity index (χ3n) is 6.52. The third-order valence-corrected chi connectivity index (χ3v) is 7.33. The number of anilines is 2. The van der Waals surface area contributed by atoms with Crippen LogP contribution in [0.3, 0.4) is 0 Å². The Hall–Kier alpha value is -3.66. The third kappa shape index (κ3) is 11.3. The van der Waals surface area contributed by atoms with Crippen LogP contribution in [-0.2, 0) is 25.6 Å². The van der Waals surface area contributed by atoms with E-state index in [9.17, 15) is 23.6 Å². The lowest BCUT2D eigenvalue weighted by Crippen LogP contribution is -2.49. The molecule has 3 rings (SSSR count). The molecule has 0 atom stereocenters. The van der Waals surface area contributed by atoms with Gasteiger partial charge in [-0.05, 0) is 59.2 Å². The number of hydrogen-bond acceptors (Lipinski definition) is 10. The van der Waals surface area contributed by atoms with Gasteiger partial charge >= 0.3 is 17.9 Å². The first-order valence-electron chi connectivity index (χ1n) is 13.2. The number of hydrogen-bond donors (Lipinski definition) is 5. The highest BCUT2D eigenvalue weighted by atomic mass is 32.1. The van der Waals surface area contributed by atoms with Crippen LogP contribution in [0.1, 0.15) is 31.4 Å². The van der Waals surface area contributed by atoms with Gasteiger partial charge in [-0.3, -0.25) is 14.4 Å². The zero-order valence-corrected chi connectivity index (χ0v) is 24.6. The predicted octanol–water partition coefficient (Wildman–Crippen LogP) is 1.80. The van der Waals surface area contributed by atoms with Crippen molar-refractivity contribution in [1.82, 2.24) is 19.7 Å². The summed E-state index contributed by atoms with van der Waals surface area (Å²) in [5, 5.41) is 39.3.